The van der Waals surface area contributed by atoms with Gasteiger partial charge in [0.15, 0.2) is 11.5 Å². The maximum Gasteiger partial charge on any atom is 0.161 e. The molecule has 0 fully saturated rings. The number of nitrogens with one attached hydrogen (secondary N) is 1. The minimum Gasteiger partial charge on any atom is -0.493 e. The van der Waals surface area contributed by atoms with E-state index in [-0.39, 0.29) is 6.10 Å². The lowest BCUT2D eigenvalue weighted by molar-refractivity contribution is 0.230. The van der Waals surface area contributed by atoms with E-state index < -0.39 is 0 Å². The van der Waals surface area contributed by atoms with Crippen LogP contribution in [0.2, 0.25) is 0 Å². The van der Waals surface area contributed by atoms with Crippen LogP contribution >= 0.6 is 0 Å². The number of hydrogen-bond acceptors (Lipinski definition) is 3. The van der Waals surface area contributed by atoms with Gasteiger partial charge in [-0.2, -0.15) is 0 Å². The molecule has 20 heavy (non-hydrogen) atoms. The first kappa shape index (κ1) is 16.8. The lowest BCUT2D eigenvalue weighted by Gasteiger charge is -2.23. The summed E-state index contributed by atoms with van der Waals surface area (Å²) in [5.41, 5.74) is 1.55. The molecule has 0 saturated carbocycles. The van der Waals surface area contributed by atoms with E-state index in [4.69, 9.17) is 9.47 Å². The first-order chi connectivity index (χ1) is 9.38. The molecule has 0 spiro atoms. The van der Waals surface area contributed by atoms with E-state index in [9.17, 15) is 0 Å². The predicted molar refractivity (Wildman–Crippen MR) is 84.5 cm³/mol. The van der Waals surface area contributed by atoms with Gasteiger partial charge in [0.25, 0.3) is 0 Å². The van der Waals surface area contributed by atoms with Gasteiger partial charge in [-0.25, -0.2) is 0 Å². The van der Waals surface area contributed by atoms with Crippen LogP contribution in [-0.2, 0) is 6.54 Å². The third kappa shape index (κ3) is 5.41. The van der Waals surface area contributed by atoms with Crippen LogP contribution < -0.4 is 14.8 Å². The number of rotatable bonds is 8. The zero-order chi connectivity index (χ0) is 15.2. The normalized spacial score (nSPS) is 11.8. The van der Waals surface area contributed by atoms with Crippen LogP contribution in [0.25, 0.3) is 0 Å². The highest BCUT2D eigenvalue weighted by Crippen LogP contribution is 2.29. The lowest BCUT2D eigenvalue weighted by Crippen LogP contribution is -2.28. The van der Waals surface area contributed by atoms with E-state index in [0.717, 1.165) is 24.6 Å². The van der Waals surface area contributed by atoms with Crippen molar-refractivity contribution in [3.05, 3.63) is 23.8 Å². The smallest absolute Gasteiger partial charge is 0.161 e. The molecule has 0 aliphatic carbocycles. The molecule has 0 aliphatic rings. The maximum absolute atomic E-state index is 5.72. The van der Waals surface area contributed by atoms with E-state index in [1.807, 2.05) is 26.0 Å². The Labute approximate surface area is 123 Å². The first-order valence-electron chi connectivity index (χ1n) is 7.42. The van der Waals surface area contributed by atoms with Gasteiger partial charge in [-0.15, -0.1) is 0 Å². The summed E-state index contributed by atoms with van der Waals surface area (Å²) in [6.07, 6.45) is 1.32. The van der Waals surface area contributed by atoms with Crippen molar-refractivity contribution in [1.82, 2.24) is 5.32 Å². The third-order valence-electron chi connectivity index (χ3n) is 3.48. The fourth-order valence-corrected chi connectivity index (χ4v) is 1.84. The van der Waals surface area contributed by atoms with Crippen molar-refractivity contribution >= 4 is 0 Å². The molecule has 1 N–H and O–H groups in total. The molecule has 1 aromatic rings. The molecule has 0 aliphatic heterocycles. The molecule has 1 rings (SSSR count). The molecular formula is C17H29NO2. The molecule has 3 heteroatoms. The summed E-state index contributed by atoms with van der Waals surface area (Å²) in [6.45, 7) is 12.7. The van der Waals surface area contributed by atoms with Gasteiger partial charge in [-0.3, -0.25) is 0 Å². The summed E-state index contributed by atoms with van der Waals surface area (Å²) in [4.78, 5) is 0. The van der Waals surface area contributed by atoms with E-state index in [1.165, 1.54) is 12.0 Å². The van der Waals surface area contributed by atoms with Crippen LogP contribution in [0.4, 0.5) is 0 Å². The van der Waals surface area contributed by atoms with Crippen LogP contribution in [0.1, 0.15) is 46.6 Å². The molecule has 114 valence electrons. The fourth-order valence-electron chi connectivity index (χ4n) is 1.84. The predicted octanol–water partition coefficient (Wildman–Crippen LogP) is 4.01. The zero-order valence-electron chi connectivity index (χ0n) is 13.7. The van der Waals surface area contributed by atoms with E-state index in [1.54, 1.807) is 7.11 Å². The van der Waals surface area contributed by atoms with Gasteiger partial charge in [0.2, 0.25) is 0 Å². The number of benzene rings is 1. The molecular weight excluding hydrogens is 250 g/mol. The summed E-state index contributed by atoms with van der Waals surface area (Å²) in [6, 6.07) is 6.12. The summed E-state index contributed by atoms with van der Waals surface area (Å²) in [7, 11) is 1.68. The van der Waals surface area contributed by atoms with Crippen molar-refractivity contribution in [2.24, 2.45) is 5.41 Å². The summed E-state index contributed by atoms with van der Waals surface area (Å²) in [5.74, 6) is 1.60. The second-order valence-corrected chi connectivity index (χ2v) is 6.27. The van der Waals surface area contributed by atoms with Gasteiger partial charge < -0.3 is 14.8 Å². The number of ether oxygens (including phenoxy) is 2. The summed E-state index contributed by atoms with van der Waals surface area (Å²) >= 11 is 0. The standard InChI is InChI=1S/C17H29NO2/c1-7-17(4,5)12-18-11-14-8-9-15(20-13(2)3)16(10-14)19-6/h8-10,13,18H,7,11-12H2,1-6H3. The topological polar surface area (TPSA) is 30.5 Å². The third-order valence-corrected chi connectivity index (χ3v) is 3.48. The Balaban J connectivity index is 2.64. The molecule has 0 unspecified atom stereocenters. The SMILES string of the molecule is CCC(C)(C)CNCc1ccc(OC(C)C)c(OC)c1. The highest BCUT2D eigenvalue weighted by atomic mass is 16.5. The van der Waals surface area contributed by atoms with Gasteiger partial charge in [0.05, 0.1) is 13.2 Å². The average Bonchev–Trinajstić information content (AvgIpc) is 2.39. The van der Waals surface area contributed by atoms with Gasteiger partial charge >= 0.3 is 0 Å². The highest BCUT2D eigenvalue weighted by molar-refractivity contribution is 5.43. The van der Waals surface area contributed by atoms with Crippen molar-refractivity contribution in [1.29, 1.82) is 0 Å². The van der Waals surface area contributed by atoms with Crippen LogP contribution in [0.5, 0.6) is 11.5 Å². The minimum atomic E-state index is 0.151. The van der Waals surface area contributed by atoms with Crippen molar-refractivity contribution in [2.45, 2.75) is 53.7 Å². The van der Waals surface area contributed by atoms with Crippen LogP contribution in [0.3, 0.4) is 0 Å². The van der Waals surface area contributed by atoms with Crippen LogP contribution in [0, 0.1) is 5.41 Å². The van der Waals surface area contributed by atoms with Crippen LogP contribution in [0.15, 0.2) is 18.2 Å². The Hall–Kier alpha value is -1.22. The highest BCUT2D eigenvalue weighted by Gasteiger charge is 2.14. The Bertz CT molecular complexity index is 413. The molecule has 0 radical (unpaired) electrons. The van der Waals surface area contributed by atoms with Crippen molar-refractivity contribution < 1.29 is 9.47 Å². The molecule has 0 atom stereocenters. The molecule has 0 aromatic heterocycles. The largest absolute Gasteiger partial charge is 0.493 e. The van der Waals surface area contributed by atoms with Gasteiger partial charge in [0, 0.05) is 13.1 Å². The number of methoxy groups -OCH3 is 1. The summed E-state index contributed by atoms with van der Waals surface area (Å²) < 4.78 is 11.1. The molecule has 0 saturated heterocycles. The van der Waals surface area contributed by atoms with Crippen molar-refractivity contribution in [2.75, 3.05) is 13.7 Å². The Morgan fingerprint density at radius 3 is 2.45 bits per heavy atom. The zero-order valence-corrected chi connectivity index (χ0v) is 13.7. The second kappa shape index (κ2) is 7.53. The van der Waals surface area contributed by atoms with Gasteiger partial charge in [-0.1, -0.05) is 26.8 Å². The summed E-state index contributed by atoms with van der Waals surface area (Å²) in [5, 5.41) is 3.51. The van der Waals surface area contributed by atoms with E-state index in [2.05, 4.69) is 32.2 Å². The Morgan fingerprint density at radius 1 is 1.20 bits per heavy atom. The van der Waals surface area contributed by atoms with Crippen molar-refractivity contribution in [3.8, 4) is 11.5 Å². The molecule has 0 heterocycles. The first-order valence-corrected chi connectivity index (χ1v) is 7.42. The van der Waals surface area contributed by atoms with Crippen molar-refractivity contribution in [3.63, 3.8) is 0 Å². The Morgan fingerprint density at radius 2 is 1.90 bits per heavy atom. The lowest BCUT2D eigenvalue weighted by atomic mass is 9.90. The quantitative estimate of drug-likeness (QED) is 0.780. The molecule has 0 amide bonds. The minimum absolute atomic E-state index is 0.151. The molecule has 1 aromatic carbocycles. The van der Waals surface area contributed by atoms with E-state index in [0.29, 0.717) is 5.41 Å². The van der Waals surface area contributed by atoms with Crippen LogP contribution in [-0.4, -0.2) is 19.8 Å². The number of hydrogen-bond donors (Lipinski definition) is 1. The van der Waals surface area contributed by atoms with Gasteiger partial charge in [-0.05, 0) is 43.4 Å². The average molecular weight is 279 g/mol. The van der Waals surface area contributed by atoms with Gasteiger partial charge in [0.1, 0.15) is 0 Å². The maximum atomic E-state index is 5.72. The molecule has 0 bridgehead atoms. The van der Waals surface area contributed by atoms with E-state index >= 15 is 0 Å². The fraction of sp³-hybridized carbons (Fsp3) is 0.647. The Kier molecular flexibility index (Phi) is 6.34. The monoisotopic (exact) mass is 279 g/mol. The molecule has 3 nitrogen and oxygen atoms in total. The second-order valence-electron chi connectivity index (χ2n) is 6.27.